The predicted octanol–water partition coefficient (Wildman–Crippen LogP) is 5.36. The molecule has 6 nitrogen and oxygen atoms in total. The summed E-state index contributed by atoms with van der Waals surface area (Å²) in [6, 6.07) is 12.6. The molecular weight excluding hydrogens is 520 g/mol. The van der Waals surface area contributed by atoms with Gasteiger partial charge < -0.3 is 15.3 Å². The number of nitrogens with one attached hydrogen (secondary N) is 1. The average Bonchev–Trinajstić information content (AvgIpc) is 2.78. The fraction of sp³-hybridized carbons (Fsp3) is 0.208. The molecule has 0 unspecified atom stereocenters. The van der Waals surface area contributed by atoms with E-state index in [1.165, 1.54) is 12.1 Å². The summed E-state index contributed by atoms with van der Waals surface area (Å²) < 4.78 is 75.5. The molecule has 0 aromatic heterocycles. The zero-order chi connectivity index (χ0) is 26.3. The second-order valence-corrected chi connectivity index (χ2v) is 11.3. The molecule has 36 heavy (non-hydrogen) atoms. The third-order valence-corrected chi connectivity index (χ3v) is 7.48. The van der Waals surface area contributed by atoms with Crippen LogP contribution in [0, 0.1) is 5.82 Å². The second kappa shape index (κ2) is 9.66. The molecule has 3 aromatic rings. The lowest BCUT2D eigenvalue weighted by atomic mass is 9.96. The predicted molar refractivity (Wildman–Crippen MR) is 129 cm³/mol. The highest BCUT2D eigenvalue weighted by Gasteiger charge is 2.29. The first-order valence-corrected chi connectivity index (χ1v) is 13.3. The van der Waals surface area contributed by atoms with Crippen LogP contribution < -0.4 is 10.2 Å². The first-order valence-electron chi connectivity index (χ1n) is 10.6. The van der Waals surface area contributed by atoms with Crippen molar-refractivity contribution in [3.8, 4) is 5.75 Å². The van der Waals surface area contributed by atoms with Gasteiger partial charge in [0.15, 0.2) is 9.84 Å². The number of carbonyl (C=O) groups is 1. The molecule has 1 amide bonds. The summed E-state index contributed by atoms with van der Waals surface area (Å²) >= 11 is -0.169. The Bertz CT molecular complexity index is 1430. The van der Waals surface area contributed by atoms with E-state index in [0.717, 1.165) is 29.1 Å². The van der Waals surface area contributed by atoms with Gasteiger partial charge in [-0.05, 0) is 71.8 Å². The number of aromatic hydroxyl groups is 1. The summed E-state index contributed by atoms with van der Waals surface area (Å²) in [6.45, 7) is 1.07. The highest BCUT2D eigenvalue weighted by molar-refractivity contribution is 8.00. The summed E-state index contributed by atoms with van der Waals surface area (Å²) in [5.41, 5.74) is -1.88. The van der Waals surface area contributed by atoms with Crippen LogP contribution in [-0.2, 0) is 22.8 Å². The van der Waals surface area contributed by atoms with Crippen LogP contribution in [0.25, 0.3) is 0 Å². The SMILES string of the molecule is CS(=O)(=O)c1cc(NC(=O)c2ccc3c(c2)CCN(c2ccc(SC(F)(F)F)cc2)C3)c(F)cc1O. The van der Waals surface area contributed by atoms with Crippen molar-refractivity contribution in [1.29, 1.82) is 0 Å². The monoisotopic (exact) mass is 540 g/mol. The van der Waals surface area contributed by atoms with Crippen LogP contribution in [0.1, 0.15) is 21.5 Å². The van der Waals surface area contributed by atoms with Gasteiger partial charge in [-0.25, -0.2) is 12.8 Å². The first kappa shape index (κ1) is 25.8. The van der Waals surface area contributed by atoms with E-state index in [1.807, 2.05) is 4.90 Å². The molecule has 1 aliphatic heterocycles. The molecule has 4 rings (SSSR count). The highest BCUT2D eigenvalue weighted by atomic mass is 32.2. The van der Waals surface area contributed by atoms with Crippen molar-refractivity contribution >= 4 is 38.9 Å². The number of alkyl halides is 3. The molecule has 190 valence electrons. The number of halogens is 4. The Balaban J connectivity index is 1.48. The Morgan fingerprint density at radius 3 is 2.39 bits per heavy atom. The molecule has 0 fully saturated rings. The van der Waals surface area contributed by atoms with Gasteiger partial charge in [-0.15, -0.1) is 0 Å². The smallest absolute Gasteiger partial charge is 0.446 e. The standard InChI is InChI=1S/C24H20F4N2O4S2/c1-36(33,34)22-12-20(19(25)11-21(22)31)29-23(32)15-2-3-16-13-30(9-8-14(16)10-15)17-4-6-18(7-5-17)35-24(26,27)28/h2-7,10-12,31H,8-9,13H2,1H3,(H,29,32). The van der Waals surface area contributed by atoms with Crippen LogP contribution in [-0.4, -0.2) is 37.7 Å². The lowest BCUT2D eigenvalue weighted by Crippen LogP contribution is -2.30. The van der Waals surface area contributed by atoms with E-state index in [1.54, 1.807) is 30.3 Å². The van der Waals surface area contributed by atoms with Gasteiger partial charge in [0.05, 0.1) is 5.69 Å². The van der Waals surface area contributed by atoms with Crippen molar-refractivity contribution in [1.82, 2.24) is 0 Å². The first-order chi connectivity index (χ1) is 16.8. The largest absolute Gasteiger partial charge is 0.506 e. The van der Waals surface area contributed by atoms with Crippen molar-refractivity contribution in [2.45, 2.75) is 28.3 Å². The number of amides is 1. The van der Waals surface area contributed by atoms with Crippen molar-refractivity contribution in [2.75, 3.05) is 23.0 Å². The molecule has 0 saturated heterocycles. The maximum Gasteiger partial charge on any atom is 0.446 e. The number of phenols is 1. The van der Waals surface area contributed by atoms with Gasteiger partial charge in [0.1, 0.15) is 16.5 Å². The fourth-order valence-corrected chi connectivity index (χ4v) is 5.21. The number of hydrogen-bond acceptors (Lipinski definition) is 6. The molecule has 3 aromatic carbocycles. The van der Waals surface area contributed by atoms with E-state index < -0.39 is 37.7 Å². The highest BCUT2D eigenvalue weighted by Crippen LogP contribution is 2.38. The van der Waals surface area contributed by atoms with Crippen molar-refractivity contribution in [2.24, 2.45) is 0 Å². The summed E-state index contributed by atoms with van der Waals surface area (Å²) in [5.74, 6) is -2.39. The van der Waals surface area contributed by atoms with E-state index in [0.29, 0.717) is 25.6 Å². The molecule has 1 heterocycles. The number of carbonyl (C=O) groups excluding carboxylic acids is 1. The lowest BCUT2D eigenvalue weighted by Gasteiger charge is -2.31. The Labute approximate surface area is 208 Å². The topological polar surface area (TPSA) is 86.7 Å². The van der Waals surface area contributed by atoms with Crippen LogP contribution in [0.3, 0.4) is 0 Å². The number of fused-ring (bicyclic) bond motifs is 1. The number of benzene rings is 3. The number of phenolic OH excluding ortho intramolecular Hbond substituents is 1. The molecule has 0 saturated carbocycles. The zero-order valence-corrected chi connectivity index (χ0v) is 20.4. The van der Waals surface area contributed by atoms with Crippen molar-refractivity contribution in [3.05, 3.63) is 77.1 Å². The Morgan fingerprint density at radius 1 is 1.06 bits per heavy atom. The molecule has 0 atom stereocenters. The third kappa shape index (κ3) is 5.93. The van der Waals surface area contributed by atoms with Crippen LogP contribution in [0.4, 0.5) is 28.9 Å². The normalized spacial score (nSPS) is 13.9. The summed E-state index contributed by atoms with van der Waals surface area (Å²) in [5, 5.41) is 12.1. The van der Waals surface area contributed by atoms with Crippen LogP contribution in [0.5, 0.6) is 5.75 Å². The van der Waals surface area contributed by atoms with Gasteiger partial charge >= 0.3 is 5.51 Å². The quantitative estimate of drug-likeness (QED) is 0.196. The number of rotatable bonds is 5. The van der Waals surface area contributed by atoms with E-state index in [4.69, 9.17) is 0 Å². The second-order valence-electron chi connectivity index (χ2n) is 8.22. The molecule has 0 bridgehead atoms. The molecule has 1 aliphatic rings. The number of nitrogens with zero attached hydrogens (tertiary/aromatic N) is 1. The van der Waals surface area contributed by atoms with Gasteiger partial charge in [-0.1, -0.05) is 6.07 Å². The Hall–Kier alpha value is -3.25. The van der Waals surface area contributed by atoms with Crippen LogP contribution >= 0.6 is 11.8 Å². The Kier molecular flexibility index (Phi) is 6.93. The van der Waals surface area contributed by atoms with Gasteiger partial charge in [0.25, 0.3) is 5.91 Å². The number of hydrogen-bond donors (Lipinski definition) is 2. The molecular formula is C24H20F4N2O4S2. The third-order valence-electron chi connectivity index (χ3n) is 5.61. The minimum Gasteiger partial charge on any atom is -0.506 e. The molecule has 2 N–H and O–H groups in total. The molecule has 0 spiro atoms. The van der Waals surface area contributed by atoms with Gasteiger partial charge in [0.2, 0.25) is 0 Å². The minimum atomic E-state index is -4.35. The van der Waals surface area contributed by atoms with Gasteiger partial charge in [-0.2, -0.15) is 13.2 Å². The lowest BCUT2D eigenvalue weighted by molar-refractivity contribution is -0.0328. The minimum absolute atomic E-state index is 0.105. The van der Waals surface area contributed by atoms with Gasteiger partial charge in [0, 0.05) is 41.6 Å². The molecule has 12 heteroatoms. The number of sulfone groups is 1. The maximum atomic E-state index is 14.2. The van der Waals surface area contributed by atoms with Crippen LogP contribution in [0.2, 0.25) is 0 Å². The molecule has 0 radical (unpaired) electrons. The van der Waals surface area contributed by atoms with E-state index in [2.05, 4.69) is 5.32 Å². The van der Waals surface area contributed by atoms with E-state index in [-0.39, 0.29) is 27.9 Å². The van der Waals surface area contributed by atoms with Crippen molar-refractivity contribution in [3.63, 3.8) is 0 Å². The van der Waals surface area contributed by atoms with Crippen LogP contribution in [0.15, 0.2) is 64.4 Å². The number of thioether (sulfide) groups is 1. The van der Waals surface area contributed by atoms with Crippen molar-refractivity contribution < 1.29 is 35.9 Å². The summed E-state index contributed by atoms with van der Waals surface area (Å²) in [6.07, 6.45) is 1.43. The maximum absolute atomic E-state index is 14.2. The summed E-state index contributed by atoms with van der Waals surface area (Å²) in [4.78, 5) is 14.3. The average molecular weight is 541 g/mol. The zero-order valence-electron chi connectivity index (χ0n) is 18.8. The van der Waals surface area contributed by atoms with E-state index >= 15 is 0 Å². The number of anilines is 2. The van der Waals surface area contributed by atoms with Gasteiger partial charge in [-0.3, -0.25) is 4.79 Å². The van der Waals surface area contributed by atoms with E-state index in [9.17, 15) is 35.9 Å². The molecule has 0 aliphatic carbocycles. The summed E-state index contributed by atoms with van der Waals surface area (Å²) in [7, 11) is -3.85. The Morgan fingerprint density at radius 2 is 1.75 bits per heavy atom. The fourth-order valence-electron chi connectivity index (χ4n) is 3.90.